The molecule has 0 aliphatic carbocycles. The van der Waals surface area contributed by atoms with Crippen molar-refractivity contribution in [2.75, 3.05) is 6.54 Å². The van der Waals surface area contributed by atoms with Crippen molar-refractivity contribution >= 4 is 18.9 Å². The minimum absolute atomic E-state index is 0.00597. The molecule has 0 bridgehead atoms. The van der Waals surface area contributed by atoms with Crippen LogP contribution in [0.25, 0.3) is 0 Å². The number of fused-ring (bicyclic) bond motifs is 1. The van der Waals surface area contributed by atoms with Crippen molar-refractivity contribution < 1.29 is 19.6 Å². The average Bonchev–Trinajstić information content (AvgIpc) is 2.78. The van der Waals surface area contributed by atoms with Gasteiger partial charge in [0.1, 0.15) is 0 Å². The van der Waals surface area contributed by atoms with E-state index in [1.165, 1.54) is 5.56 Å². The van der Waals surface area contributed by atoms with E-state index in [0.29, 0.717) is 19.4 Å². The highest BCUT2D eigenvalue weighted by atomic mass is 16.4. The highest BCUT2D eigenvalue weighted by molar-refractivity contribution is 6.43. The van der Waals surface area contributed by atoms with Gasteiger partial charge in [-0.3, -0.25) is 4.79 Å². The summed E-state index contributed by atoms with van der Waals surface area (Å²) < 4.78 is 0. The van der Waals surface area contributed by atoms with Crippen LogP contribution in [0.5, 0.6) is 0 Å². The topological polar surface area (TPSA) is 89.9 Å². The summed E-state index contributed by atoms with van der Waals surface area (Å²) >= 11 is 0. The number of nitrogens with one attached hydrogen (secondary N) is 1. The van der Waals surface area contributed by atoms with E-state index in [4.69, 9.17) is 0 Å². The van der Waals surface area contributed by atoms with E-state index in [0.717, 1.165) is 17.5 Å². The van der Waals surface area contributed by atoms with Crippen molar-refractivity contribution in [1.29, 1.82) is 0 Å². The second-order valence-electron chi connectivity index (χ2n) is 9.48. The normalized spacial score (nSPS) is 17.3. The molecule has 2 aromatic rings. The Hall–Kier alpha value is -2.64. The highest BCUT2D eigenvalue weighted by Gasteiger charge is 2.33. The molecule has 3 N–H and O–H groups in total. The number of carbonyl (C=O) groups is 2. The molecule has 0 radical (unpaired) electrons. The molecule has 0 saturated carbocycles. The van der Waals surface area contributed by atoms with Gasteiger partial charge in [-0.1, -0.05) is 68.4 Å². The maximum absolute atomic E-state index is 13.3. The van der Waals surface area contributed by atoms with Crippen LogP contribution in [0.4, 0.5) is 4.79 Å². The third-order valence-corrected chi connectivity index (χ3v) is 6.48. The molecule has 2 amide bonds. The summed E-state index contributed by atoms with van der Waals surface area (Å²) in [5, 5.41) is 22.6. The van der Waals surface area contributed by atoms with Gasteiger partial charge in [0.05, 0.1) is 12.1 Å². The van der Waals surface area contributed by atoms with Crippen LogP contribution in [-0.2, 0) is 17.6 Å². The first-order valence-electron chi connectivity index (χ1n) is 11.8. The molecule has 1 heterocycles. The van der Waals surface area contributed by atoms with Crippen molar-refractivity contribution in [3.05, 3.63) is 71.3 Å². The summed E-state index contributed by atoms with van der Waals surface area (Å²) in [6.45, 7) is 6.56. The Bertz CT molecular complexity index is 935. The molecule has 7 heteroatoms. The molecule has 0 aromatic heterocycles. The summed E-state index contributed by atoms with van der Waals surface area (Å²) in [7, 11) is -1.57. The molecule has 0 fully saturated rings. The van der Waals surface area contributed by atoms with Crippen LogP contribution in [0.1, 0.15) is 56.3 Å². The van der Waals surface area contributed by atoms with Gasteiger partial charge in [-0.25, -0.2) is 4.79 Å². The maximum Gasteiger partial charge on any atom is 0.455 e. The molecule has 2 aromatic carbocycles. The number of benzene rings is 2. The van der Waals surface area contributed by atoms with Gasteiger partial charge in [-0.05, 0) is 48.8 Å². The Kier molecular flexibility index (Phi) is 8.70. The van der Waals surface area contributed by atoms with E-state index in [1.807, 2.05) is 69.3 Å². The zero-order valence-electron chi connectivity index (χ0n) is 19.8. The fourth-order valence-electron chi connectivity index (χ4n) is 4.69. The SMILES string of the molecule is CC(C)C[C@H](CC(=O)[C@H](Cc1ccccc1)NC(=O)N1CCc2ccccc2C1C)B(O)O. The fourth-order valence-corrected chi connectivity index (χ4v) is 4.69. The average molecular weight is 450 g/mol. The van der Waals surface area contributed by atoms with Gasteiger partial charge in [0.25, 0.3) is 0 Å². The molecule has 1 unspecified atom stereocenters. The minimum atomic E-state index is -1.57. The molecule has 176 valence electrons. The number of hydrogen-bond donors (Lipinski definition) is 3. The standard InChI is InChI=1S/C26H35BN2O4/c1-18(2)15-22(27(32)33)17-25(30)24(16-20-9-5-4-6-10-20)28-26(31)29-14-13-21-11-7-8-12-23(21)19(29)3/h4-12,18-19,22,24,32-33H,13-17H2,1-3H3,(H,28,31)/t19?,22-,24+/m1/s1. The molecule has 0 spiro atoms. The molecule has 0 saturated heterocycles. The molecule has 3 rings (SSSR count). The molecule has 3 atom stereocenters. The Morgan fingerprint density at radius 3 is 2.42 bits per heavy atom. The number of carbonyl (C=O) groups excluding carboxylic acids is 2. The fraction of sp³-hybridized carbons (Fsp3) is 0.462. The largest absolute Gasteiger partial charge is 0.455 e. The van der Waals surface area contributed by atoms with Crippen LogP contribution < -0.4 is 5.32 Å². The summed E-state index contributed by atoms with van der Waals surface area (Å²) in [5.41, 5.74) is 3.32. The van der Waals surface area contributed by atoms with E-state index in [1.54, 1.807) is 4.90 Å². The van der Waals surface area contributed by atoms with E-state index >= 15 is 0 Å². The molecule has 6 nitrogen and oxygen atoms in total. The summed E-state index contributed by atoms with van der Waals surface area (Å²) in [4.78, 5) is 28.3. The van der Waals surface area contributed by atoms with Crippen molar-refractivity contribution in [3.63, 3.8) is 0 Å². The molecular weight excluding hydrogens is 415 g/mol. The number of urea groups is 1. The highest BCUT2D eigenvalue weighted by Crippen LogP contribution is 2.29. The second kappa shape index (κ2) is 11.5. The predicted molar refractivity (Wildman–Crippen MR) is 131 cm³/mol. The number of ketones is 1. The van der Waals surface area contributed by atoms with E-state index in [2.05, 4.69) is 11.4 Å². The van der Waals surface area contributed by atoms with Crippen molar-refractivity contribution in [1.82, 2.24) is 10.2 Å². The Balaban J connectivity index is 1.76. The van der Waals surface area contributed by atoms with E-state index < -0.39 is 19.0 Å². The Morgan fingerprint density at radius 1 is 1.09 bits per heavy atom. The number of amides is 2. The van der Waals surface area contributed by atoms with Crippen LogP contribution in [0.2, 0.25) is 5.82 Å². The van der Waals surface area contributed by atoms with Crippen LogP contribution >= 0.6 is 0 Å². The third kappa shape index (κ3) is 6.68. The van der Waals surface area contributed by atoms with Gasteiger partial charge >= 0.3 is 13.1 Å². The monoisotopic (exact) mass is 450 g/mol. The quantitative estimate of drug-likeness (QED) is 0.508. The number of Topliss-reactive ketones (excluding diaryl/α,β-unsaturated/α-hetero) is 1. The van der Waals surface area contributed by atoms with Gasteiger partial charge in [-0.2, -0.15) is 0 Å². The van der Waals surface area contributed by atoms with Crippen LogP contribution in [0.15, 0.2) is 54.6 Å². The Labute approximate surface area is 197 Å². The number of rotatable bonds is 9. The lowest BCUT2D eigenvalue weighted by Crippen LogP contribution is -2.51. The van der Waals surface area contributed by atoms with Gasteiger partial charge in [0.15, 0.2) is 5.78 Å². The molecule has 1 aliphatic heterocycles. The second-order valence-corrected chi connectivity index (χ2v) is 9.48. The first-order chi connectivity index (χ1) is 15.8. The lowest BCUT2D eigenvalue weighted by molar-refractivity contribution is -0.121. The van der Waals surface area contributed by atoms with Gasteiger partial charge in [-0.15, -0.1) is 0 Å². The number of hydrogen-bond acceptors (Lipinski definition) is 4. The molecule has 1 aliphatic rings. The van der Waals surface area contributed by atoms with Crippen molar-refractivity contribution in [2.45, 2.75) is 64.4 Å². The lowest BCUT2D eigenvalue weighted by atomic mass is 9.66. The predicted octanol–water partition coefficient (Wildman–Crippen LogP) is 3.77. The van der Waals surface area contributed by atoms with Crippen LogP contribution in [0.3, 0.4) is 0 Å². The van der Waals surface area contributed by atoms with Crippen LogP contribution in [-0.4, -0.2) is 46.5 Å². The van der Waals surface area contributed by atoms with E-state index in [-0.39, 0.29) is 30.2 Å². The zero-order valence-corrected chi connectivity index (χ0v) is 19.8. The lowest BCUT2D eigenvalue weighted by Gasteiger charge is -2.36. The smallest absolute Gasteiger partial charge is 0.427 e. The van der Waals surface area contributed by atoms with Gasteiger partial charge in [0.2, 0.25) is 0 Å². The Morgan fingerprint density at radius 2 is 1.76 bits per heavy atom. The minimum Gasteiger partial charge on any atom is -0.427 e. The van der Waals surface area contributed by atoms with Gasteiger partial charge < -0.3 is 20.3 Å². The zero-order chi connectivity index (χ0) is 24.0. The van der Waals surface area contributed by atoms with Crippen LogP contribution in [0, 0.1) is 5.92 Å². The maximum atomic E-state index is 13.3. The van der Waals surface area contributed by atoms with Gasteiger partial charge in [0, 0.05) is 18.8 Å². The first-order valence-corrected chi connectivity index (χ1v) is 11.8. The summed E-state index contributed by atoms with van der Waals surface area (Å²) in [6, 6.07) is 16.6. The number of nitrogens with zero attached hydrogens (tertiary/aromatic N) is 1. The van der Waals surface area contributed by atoms with Crippen molar-refractivity contribution in [2.24, 2.45) is 5.92 Å². The molecular formula is C26H35BN2O4. The summed E-state index contributed by atoms with van der Waals surface area (Å²) in [5.74, 6) is -0.523. The van der Waals surface area contributed by atoms with E-state index in [9.17, 15) is 19.6 Å². The third-order valence-electron chi connectivity index (χ3n) is 6.48. The first kappa shape index (κ1) is 25.0. The van der Waals surface area contributed by atoms with Crippen molar-refractivity contribution in [3.8, 4) is 0 Å². The summed E-state index contributed by atoms with van der Waals surface area (Å²) in [6.07, 6.45) is 1.67. The molecule has 33 heavy (non-hydrogen) atoms.